The Labute approximate surface area is 77.7 Å². The van der Waals surface area contributed by atoms with E-state index in [1.165, 1.54) is 0 Å². The molecule has 72 valence electrons. The van der Waals surface area contributed by atoms with Crippen molar-refractivity contribution in [3.63, 3.8) is 0 Å². The Hall–Kier alpha value is -1.16. The molecule has 1 aromatic heterocycles. The molecule has 13 heavy (non-hydrogen) atoms. The second-order valence-corrected chi connectivity index (χ2v) is 3.04. The Bertz CT molecular complexity index is 280. The van der Waals surface area contributed by atoms with Gasteiger partial charge in [0.15, 0.2) is 5.78 Å². The standard InChI is InChI=1S/C9H15N3O/c1-12-7-5-8(11-12)9(13)4-2-3-6-10/h5,7H,2-4,6,10H2,1H3. The highest BCUT2D eigenvalue weighted by Gasteiger charge is 2.07. The van der Waals surface area contributed by atoms with E-state index in [9.17, 15) is 4.79 Å². The summed E-state index contributed by atoms with van der Waals surface area (Å²) in [6.45, 7) is 0.648. The van der Waals surface area contributed by atoms with Crippen molar-refractivity contribution in [3.05, 3.63) is 18.0 Å². The van der Waals surface area contributed by atoms with Gasteiger partial charge in [-0.25, -0.2) is 0 Å². The predicted molar refractivity (Wildman–Crippen MR) is 50.4 cm³/mol. The molecule has 1 aromatic rings. The average molecular weight is 181 g/mol. The van der Waals surface area contributed by atoms with Crippen molar-refractivity contribution in [2.45, 2.75) is 19.3 Å². The molecule has 0 saturated heterocycles. The van der Waals surface area contributed by atoms with Crippen LogP contribution in [-0.4, -0.2) is 22.1 Å². The van der Waals surface area contributed by atoms with Gasteiger partial charge in [-0.15, -0.1) is 0 Å². The number of carbonyl (C=O) groups is 1. The van der Waals surface area contributed by atoms with E-state index in [2.05, 4.69) is 5.10 Å². The maximum Gasteiger partial charge on any atom is 0.183 e. The molecular formula is C9H15N3O. The molecule has 0 saturated carbocycles. The molecule has 0 radical (unpaired) electrons. The highest BCUT2D eigenvalue weighted by atomic mass is 16.1. The van der Waals surface area contributed by atoms with Crippen LogP contribution in [0.25, 0.3) is 0 Å². The zero-order valence-corrected chi connectivity index (χ0v) is 7.86. The number of carbonyl (C=O) groups excluding carboxylic acids is 1. The van der Waals surface area contributed by atoms with Gasteiger partial charge in [-0.2, -0.15) is 5.10 Å². The van der Waals surface area contributed by atoms with Crippen LogP contribution in [0, 0.1) is 0 Å². The number of unbranched alkanes of at least 4 members (excludes halogenated alkanes) is 1. The first-order chi connectivity index (χ1) is 6.24. The molecule has 0 aliphatic rings. The number of Topliss-reactive ketones (excluding diaryl/α,β-unsaturated/α-hetero) is 1. The van der Waals surface area contributed by atoms with Gasteiger partial charge in [0.1, 0.15) is 5.69 Å². The van der Waals surface area contributed by atoms with Crippen LogP contribution in [0.3, 0.4) is 0 Å². The van der Waals surface area contributed by atoms with Crippen molar-refractivity contribution in [3.8, 4) is 0 Å². The summed E-state index contributed by atoms with van der Waals surface area (Å²) in [5, 5.41) is 4.03. The predicted octanol–water partition coefficient (Wildman–Crippen LogP) is 0.732. The Morgan fingerprint density at radius 3 is 2.92 bits per heavy atom. The van der Waals surface area contributed by atoms with Crippen molar-refractivity contribution >= 4 is 5.78 Å². The van der Waals surface area contributed by atoms with Crippen LogP contribution in [0.15, 0.2) is 12.3 Å². The van der Waals surface area contributed by atoms with Crippen LogP contribution in [-0.2, 0) is 7.05 Å². The van der Waals surface area contributed by atoms with Crippen LogP contribution in [0.2, 0.25) is 0 Å². The van der Waals surface area contributed by atoms with Gasteiger partial charge in [0.05, 0.1) is 0 Å². The minimum absolute atomic E-state index is 0.106. The number of aryl methyl sites for hydroxylation is 1. The molecule has 0 spiro atoms. The summed E-state index contributed by atoms with van der Waals surface area (Å²) in [4.78, 5) is 11.4. The molecule has 1 rings (SSSR count). The van der Waals surface area contributed by atoms with Crippen molar-refractivity contribution in [2.75, 3.05) is 6.54 Å². The first kappa shape index (κ1) is 9.92. The smallest absolute Gasteiger partial charge is 0.183 e. The molecule has 0 aromatic carbocycles. The molecule has 2 N–H and O–H groups in total. The lowest BCUT2D eigenvalue weighted by atomic mass is 10.1. The minimum atomic E-state index is 0.106. The molecule has 4 heteroatoms. The van der Waals surface area contributed by atoms with Crippen LogP contribution in [0.4, 0.5) is 0 Å². The Morgan fingerprint density at radius 2 is 2.38 bits per heavy atom. The molecule has 4 nitrogen and oxygen atoms in total. The largest absolute Gasteiger partial charge is 0.330 e. The fourth-order valence-corrected chi connectivity index (χ4v) is 1.12. The van der Waals surface area contributed by atoms with Crippen molar-refractivity contribution in [1.29, 1.82) is 0 Å². The minimum Gasteiger partial charge on any atom is -0.330 e. The number of ketones is 1. The summed E-state index contributed by atoms with van der Waals surface area (Å²) in [5.74, 6) is 0.106. The van der Waals surface area contributed by atoms with E-state index in [1.807, 2.05) is 0 Å². The maximum absolute atomic E-state index is 11.4. The second kappa shape index (κ2) is 4.77. The third-order valence-corrected chi connectivity index (χ3v) is 1.86. The topological polar surface area (TPSA) is 60.9 Å². The molecular weight excluding hydrogens is 166 g/mol. The van der Waals surface area contributed by atoms with Crippen LogP contribution in [0.5, 0.6) is 0 Å². The third-order valence-electron chi connectivity index (χ3n) is 1.86. The maximum atomic E-state index is 11.4. The monoisotopic (exact) mass is 181 g/mol. The number of hydrogen-bond donors (Lipinski definition) is 1. The zero-order chi connectivity index (χ0) is 9.68. The van der Waals surface area contributed by atoms with Crippen molar-refractivity contribution < 1.29 is 4.79 Å². The van der Waals surface area contributed by atoms with E-state index in [0.29, 0.717) is 18.7 Å². The van der Waals surface area contributed by atoms with E-state index in [-0.39, 0.29) is 5.78 Å². The number of hydrogen-bond acceptors (Lipinski definition) is 3. The molecule has 0 atom stereocenters. The SMILES string of the molecule is Cn1ccc(C(=O)CCCCN)n1. The van der Waals surface area contributed by atoms with Crippen LogP contribution >= 0.6 is 0 Å². The summed E-state index contributed by atoms with van der Waals surface area (Å²) in [6.07, 6.45) is 4.08. The molecule has 0 unspecified atom stereocenters. The lowest BCUT2D eigenvalue weighted by molar-refractivity contribution is 0.0974. The normalized spacial score (nSPS) is 10.3. The first-order valence-electron chi connectivity index (χ1n) is 4.47. The van der Waals surface area contributed by atoms with Gasteiger partial charge in [-0.3, -0.25) is 9.48 Å². The van der Waals surface area contributed by atoms with E-state index in [4.69, 9.17) is 5.73 Å². The van der Waals surface area contributed by atoms with Gasteiger partial charge in [-0.05, 0) is 25.5 Å². The summed E-state index contributed by atoms with van der Waals surface area (Å²) in [6, 6.07) is 1.74. The summed E-state index contributed by atoms with van der Waals surface area (Å²) in [5.41, 5.74) is 5.88. The van der Waals surface area contributed by atoms with Gasteiger partial charge >= 0.3 is 0 Å². The van der Waals surface area contributed by atoms with Crippen LogP contribution < -0.4 is 5.73 Å². The number of aromatic nitrogens is 2. The average Bonchev–Trinajstić information content (AvgIpc) is 2.52. The first-order valence-corrected chi connectivity index (χ1v) is 4.47. The highest BCUT2D eigenvalue weighted by Crippen LogP contribution is 2.03. The van der Waals surface area contributed by atoms with Gasteiger partial charge in [0, 0.05) is 19.7 Å². The van der Waals surface area contributed by atoms with Gasteiger partial charge in [-0.1, -0.05) is 0 Å². The molecule has 0 aliphatic carbocycles. The van der Waals surface area contributed by atoms with Gasteiger partial charge < -0.3 is 5.73 Å². The Kier molecular flexibility index (Phi) is 3.64. The summed E-state index contributed by atoms with van der Waals surface area (Å²) < 4.78 is 1.64. The van der Waals surface area contributed by atoms with Gasteiger partial charge in [0.25, 0.3) is 0 Å². The summed E-state index contributed by atoms with van der Waals surface area (Å²) in [7, 11) is 1.80. The lowest BCUT2D eigenvalue weighted by Crippen LogP contribution is -2.04. The number of nitrogens with zero attached hydrogens (tertiary/aromatic N) is 2. The second-order valence-electron chi connectivity index (χ2n) is 3.04. The van der Waals surface area contributed by atoms with E-state index in [1.54, 1.807) is 24.0 Å². The van der Waals surface area contributed by atoms with E-state index < -0.39 is 0 Å². The van der Waals surface area contributed by atoms with Crippen molar-refractivity contribution in [1.82, 2.24) is 9.78 Å². The Morgan fingerprint density at radius 1 is 1.62 bits per heavy atom. The van der Waals surface area contributed by atoms with E-state index >= 15 is 0 Å². The molecule has 1 heterocycles. The fourth-order valence-electron chi connectivity index (χ4n) is 1.12. The quantitative estimate of drug-likeness (QED) is 0.538. The molecule has 0 amide bonds. The molecule has 0 fully saturated rings. The lowest BCUT2D eigenvalue weighted by Gasteiger charge is -1.95. The zero-order valence-electron chi connectivity index (χ0n) is 7.86. The van der Waals surface area contributed by atoms with Crippen LogP contribution in [0.1, 0.15) is 29.8 Å². The summed E-state index contributed by atoms with van der Waals surface area (Å²) >= 11 is 0. The van der Waals surface area contributed by atoms with E-state index in [0.717, 1.165) is 12.8 Å². The number of rotatable bonds is 5. The highest BCUT2D eigenvalue weighted by molar-refractivity contribution is 5.94. The fraction of sp³-hybridized carbons (Fsp3) is 0.556. The Balaban J connectivity index is 2.40. The third kappa shape index (κ3) is 2.99. The van der Waals surface area contributed by atoms with Crippen molar-refractivity contribution in [2.24, 2.45) is 12.8 Å². The molecule has 0 aliphatic heterocycles. The van der Waals surface area contributed by atoms with Gasteiger partial charge in [0.2, 0.25) is 0 Å². The number of nitrogens with two attached hydrogens (primary N) is 1. The molecule has 0 bridgehead atoms.